The van der Waals surface area contributed by atoms with Crippen molar-refractivity contribution < 1.29 is 14.7 Å². The lowest BCUT2D eigenvalue weighted by molar-refractivity contribution is -0.255. The van der Waals surface area contributed by atoms with E-state index in [9.17, 15) is 14.7 Å². The zero-order chi connectivity index (χ0) is 19.8. The summed E-state index contributed by atoms with van der Waals surface area (Å²) >= 11 is 6.63. The van der Waals surface area contributed by atoms with Crippen molar-refractivity contribution >= 4 is 62.7 Å². The number of rotatable bonds is 3. The predicted octanol–water partition coefficient (Wildman–Crippen LogP) is 3.92. The number of nitrogens with zero attached hydrogens (tertiary/aromatic N) is 1. The molecular formula is C22H14NO3S2-. The summed E-state index contributed by atoms with van der Waals surface area (Å²) in [7, 11) is 0. The standard InChI is InChI=1S/C22H15NO3S2/c1-13-9-10-16(21(25)26)11-18(13)23-20(24)19(28-22(23)27)12-15-7-4-6-14-5-2-3-8-17(14)15/h2-12H,1H3,(H,25,26)/p-1/b19-12-. The van der Waals surface area contributed by atoms with Gasteiger partial charge in [0.1, 0.15) is 0 Å². The largest absolute Gasteiger partial charge is 0.545 e. The van der Waals surface area contributed by atoms with Crippen molar-refractivity contribution in [2.75, 3.05) is 4.90 Å². The van der Waals surface area contributed by atoms with Crippen LogP contribution in [0.15, 0.2) is 65.6 Å². The number of carbonyl (C=O) groups is 2. The molecule has 138 valence electrons. The Morgan fingerprint density at radius 2 is 1.86 bits per heavy atom. The molecule has 1 aliphatic heterocycles. The van der Waals surface area contributed by atoms with E-state index >= 15 is 0 Å². The molecule has 0 aromatic heterocycles. The summed E-state index contributed by atoms with van der Waals surface area (Å²) in [5.41, 5.74) is 2.16. The van der Waals surface area contributed by atoms with Gasteiger partial charge in [-0.15, -0.1) is 0 Å². The van der Waals surface area contributed by atoms with Crippen LogP contribution in [0, 0.1) is 6.92 Å². The van der Waals surface area contributed by atoms with Crippen molar-refractivity contribution in [2.24, 2.45) is 0 Å². The quantitative estimate of drug-likeness (QED) is 0.489. The number of carboxylic acids is 1. The highest BCUT2D eigenvalue weighted by molar-refractivity contribution is 8.27. The molecule has 0 aliphatic carbocycles. The van der Waals surface area contributed by atoms with E-state index in [1.165, 1.54) is 28.8 Å². The van der Waals surface area contributed by atoms with Crippen LogP contribution in [0.2, 0.25) is 0 Å². The van der Waals surface area contributed by atoms with Gasteiger partial charge in [0.15, 0.2) is 4.32 Å². The maximum atomic E-state index is 13.1. The number of aromatic carboxylic acids is 1. The van der Waals surface area contributed by atoms with E-state index in [1.807, 2.05) is 48.5 Å². The number of hydrogen-bond acceptors (Lipinski definition) is 5. The molecule has 1 aliphatic rings. The minimum atomic E-state index is -1.29. The van der Waals surface area contributed by atoms with Crippen molar-refractivity contribution in [3.63, 3.8) is 0 Å². The van der Waals surface area contributed by atoms with Crippen molar-refractivity contribution in [1.29, 1.82) is 0 Å². The molecule has 28 heavy (non-hydrogen) atoms. The first-order valence-electron chi connectivity index (χ1n) is 8.53. The van der Waals surface area contributed by atoms with Gasteiger partial charge in [-0.1, -0.05) is 78.6 Å². The second kappa shape index (κ2) is 7.22. The van der Waals surface area contributed by atoms with Crippen molar-refractivity contribution in [2.45, 2.75) is 6.92 Å². The van der Waals surface area contributed by atoms with Gasteiger partial charge in [-0.25, -0.2) is 0 Å². The van der Waals surface area contributed by atoms with Gasteiger partial charge in [-0.05, 0) is 46.5 Å². The molecular weight excluding hydrogens is 390 g/mol. The highest BCUT2D eigenvalue weighted by atomic mass is 32.2. The molecule has 0 atom stereocenters. The van der Waals surface area contributed by atoms with Gasteiger partial charge in [0.2, 0.25) is 0 Å². The Bertz CT molecular complexity index is 1180. The molecule has 1 saturated heterocycles. The third-order valence-corrected chi connectivity index (χ3v) is 5.89. The Balaban J connectivity index is 1.77. The molecule has 0 radical (unpaired) electrons. The molecule has 0 spiro atoms. The minimum Gasteiger partial charge on any atom is -0.545 e. The minimum absolute atomic E-state index is 0.00711. The van der Waals surface area contributed by atoms with Crippen LogP contribution in [-0.4, -0.2) is 16.2 Å². The summed E-state index contributed by atoms with van der Waals surface area (Å²) in [6.45, 7) is 1.81. The molecule has 0 N–H and O–H groups in total. The number of aryl methyl sites for hydroxylation is 1. The summed E-state index contributed by atoms with van der Waals surface area (Å²) in [4.78, 5) is 26.2. The maximum absolute atomic E-state index is 13.1. The third-order valence-electron chi connectivity index (χ3n) is 4.59. The Morgan fingerprint density at radius 1 is 1.11 bits per heavy atom. The van der Waals surface area contributed by atoms with E-state index in [4.69, 9.17) is 12.2 Å². The Hall–Kier alpha value is -2.96. The highest BCUT2D eigenvalue weighted by Crippen LogP contribution is 2.38. The SMILES string of the molecule is Cc1ccc(C(=O)[O-])cc1N1C(=O)/C(=C/c2cccc3ccccc23)SC1=S. The van der Waals surface area contributed by atoms with Crippen LogP contribution in [0.4, 0.5) is 5.69 Å². The number of amides is 1. The van der Waals surface area contributed by atoms with Gasteiger partial charge in [-0.3, -0.25) is 9.69 Å². The number of fused-ring (bicyclic) bond motifs is 1. The van der Waals surface area contributed by atoms with Crippen molar-refractivity contribution in [1.82, 2.24) is 0 Å². The topological polar surface area (TPSA) is 60.4 Å². The van der Waals surface area contributed by atoms with Crippen molar-refractivity contribution in [3.05, 3.63) is 82.3 Å². The van der Waals surface area contributed by atoms with E-state index in [0.717, 1.165) is 21.9 Å². The Kier molecular flexibility index (Phi) is 4.75. The number of hydrogen-bond donors (Lipinski definition) is 0. The predicted molar refractivity (Wildman–Crippen MR) is 115 cm³/mol. The van der Waals surface area contributed by atoms with Gasteiger partial charge in [0, 0.05) is 0 Å². The molecule has 4 rings (SSSR count). The third kappa shape index (κ3) is 3.21. The lowest BCUT2D eigenvalue weighted by atomic mass is 10.0. The van der Waals surface area contributed by atoms with Gasteiger partial charge in [-0.2, -0.15) is 0 Å². The Labute approximate surface area is 171 Å². The number of carboxylic acid groups (broad SMARTS) is 1. The van der Waals surface area contributed by atoms with E-state index in [2.05, 4.69) is 0 Å². The molecule has 6 heteroatoms. The van der Waals surface area contributed by atoms with Crippen LogP contribution < -0.4 is 10.0 Å². The molecule has 0 saturated carbocycles. The lowest BCUT2D eigenvalue weighted by Crippen LogP contribution is -2.29. The van der Waals surface area contributed by atoms with Gasteiger partial charge in [0.05, 0.1) is 16.6 Å². The van der Waals surface area contributed by atoms with Crippen LogP contribution in [0.25, 0.3) is 16.8 Å². The monoisotopic (exact) mass is 404 g/mol. The zero-order valence-electron chi connectivity index (χ0n) is 14.8. The van der Waals surface area contributed by atoms with E-state index < -0.39 is 5.97 Å². The molecule has 4 nitrogen and oxygen atoms in total. The normalized spacial score (nSPS) is 15.6. The summed E-state index contributed by atoms with van der Waals surface area (Å²) in [5.74, 6) is -1.56. The zero-order valence-corrected chi connectivity index (χ0v) is 16.5. The van der Waals surface area contributed by atoms with E-state index in [-0.39, 0.29) is 11.5 Å². The fourth-order valence-electron chi connectivity index (χ4n) is 3.17. The summed E-state index contributed by atoms with van der Waals surface area (Å²) < 4.78 is 0.370. The molecule has 3 aromatic rings. The second-order valence-electron chi connectivity index (χ2n) is 6.37. The smallest absolute Gasteiger partial charge is 0.270 e. The van der Waals surface area contributed by atoms with E-state index in [0.29, 0.717) is 14.9 Å². The first kappa shape index (κ1) is 18.4. The molecule has 1 amide bonds. The van der Waals surface area contributed by atoms with Gasteiger partial charge in [0.25, 0.3) is 5.91 Å². The Morgan fingerprint density at radius 3 is 2.64 bits per heavy atom. The van der Waals surface area contributed by atoms with Crippen LogP contribution in [0.3, 0.4) is 0 Å². The second-order valence-corrected chi connectivity index (χ2v) is 8.05. The summed E-state index contributed by atoms with van der Waals surface area (Å²) in [6.07, 6.45) is 1.83. The van der Waals surface area contributed by atoms with Crippen molar-refractivity contribution in [3.8, 4) is 0 Å². The fourth-order valence-corrected chi connectivity index (χ4v) is 4.45. The van der Waals surface area contributed by atoms with E-state index in [1.54, 1.807) is 13.0 Å². The van der Waals surface area contributed by atoms with Crippen LogP contribution in [0.5, 0.6) is 0 Å². The number of carbonyl (C=O) groups excluding carboxylic acids is 2. The fraction of sp³-hybridized carbons (Fsp3) is 0.0455. The number of thioether (sulfide) groups is 1. The molecule has 0 bridgehead atoms. The molecule has 1 heterocycles. The number of anilines is 1. The van der Waals surface area contributed by atoms with Gasteiger partial charge < -0.3 is 9.90 Å². The summed E-state index contributed by atoms with van der Waals surface area (Å²) in [5, 5.41) is 13.3. The highest BCUT2D eigenvalue weighted by Gasteiger charge is 2.34. The van der Waals surface area contributed by atoms with Crippen LogP contribution in [0.1, 0.15) is 21.5 Å². The maximum Gasteiger partial charge on any atom is 0.270 e. The number of benzene rings is 3. The first-order chi connectivity index (χ1) is 13.5. The van der Waals surface area contributed by atoms with Gasteiger partial charge >= 0.3 is 0 Å². The molecule has 0 unspecified atom stereocenters. The number of thiocarbonyl (C=S) groups is 1. The first-order valence-corrected chi connectivity index (χ1v) is 9.76. The molecule has 3 aromatic carbocycles. The molecule has 1 fully saturated rings. The van der Waals surface area contributed by atoms with Crippen LogP contribution in [-0.2, 0) is 4.79 Å². The average Bonchev–Trinajstić information content (AvgIpc) is 2.96. The van der Waals surface area contributed by atoms with Crippen LogP contribution >= 0.6 is 24.0 Å². The average molecular weight is 404 g/mol. The lowest BCUT2D eigenvalue weighted by Gasteiger charge is -2.18. The summed E-state index contributed by atoms with van der Waals surface area (Å²) in [6, 6.07) is 18.4.